The maximum Gasteiger partial charge on any atom is 0.125 e. The van der Waals surface area contributed by atoms with E-state index in [0.717, 1.165) is 24.2 Å². The third-order valence-electron chi connectivity index (χ3n) is 3.59. The number of nitrogens with zero attached hydrogens (tertiary/aromatic N) is 2. The minimum absolute atomic E-state index is 0.282. The van der Waals surface area contributed by atoms with Gasteiger partial charge in [-0.05, 0) is 47.9 Å². The van der Waals surface area contributed by atoms with E-state index in [2.05, 4.69) is 6.07 Å². The molecule has 2 nitrogen and oxygen atoms in total. The number of rotatable bonds is 2. The molecule has 0 saturated heterocycles. The Morgan fingerprint density at radius 1 is 1.10 bits per heavy atom. The Bertz CT molecular complexity index is 704. The van der Waals surface area contributed by atoms with Crippen LogP contribution in [0.15, 0.2) is 36.4 Å². The topological polar surface area (TPSA) is 27.0 Å². The van der Waals surface area contributed by atoms with Crippen LogP contribution in [-0.4, -0.2) is 6.54 Å². The largest absolute Gasteiger partial charge is 0.367 e. The quantitative estimate of drug-likeness (QED) is 0.836. The van der Waals surface area contributed by atoms with E-state index in [9.17, 15) is 8.78 Å². The van der Waals surface area contributed by atoms with Gasteiger partial charge < -0.3 is 4.90 Å². The summed E-state index contributed by atoms with van der Waals surface area (Å²) < 4.78 is 26.7. The summed E-state index contributed by atoms with van der Waals surface area (Å²) in [6.07, 6.45) is 0.840. The Hall–Kier alpha value is -2.41. The van der Waals surface area contributed by atoms with Gasteiger partial charge in [-0.1, -0.05) is 6.07 Å². The molecule has 1 aliphatic heterocycles. The number of benzene rings is 2. The summed E-state index contributed by atoms with van der Waals surface area (Å²) >= 11 is 0. The van der Waals surface area contributed by atoms with Gasteiger partial charge >= 0.3 is 0 Å². The van der Waals surface area contributed by atoms with E-state index in [4.69, 9.17) is 5.26 Å². The van der Waals surface area contributed by atoms with Crippen LogP contribution in [0.1, 0.15) is 16.7 Å². The second-order valence-corrected chi connectivity index (χ2v) is 4.86. The highest BCUT2D eigenvalue weighted by molar-refractivity contribution is 5.59. The van der Waals surface area contributed by atoms with Gasteiger partial charge in [0.05, 0.1) is 11.6 Å². The molecule has 20 heavy (non-hydrogen) atoms. The van der Waals surface area contributed by atoms with Gasteiger partial charge in [0.1, 0.15) is 11.6 Å². The summed E-state index contributed by atoms with van der Waals surface area (Å²) in [5.74, 6) is -0.645. The summed E-state index contributed by atoms with van der Waals surface area (Å²) in [7, 11) is 0. The van der Waals surface area contributed by atoms with Gasteiger partial charge in [0.15, 0.2) is 0 Å². The molecule has 0 aromatic heterocycles. The molecule has 1 heterocycles. The van der Waals surface area contributed by atoms with E-state index in [1.807, 2.05) is 4.90 Å². The molecule has 0 radical (unpaired) electrons. The number of hydrogen-bond donors (Lipinski definition) is 0. The highest BCUT2D eigenvalue weighted by Gasteiger charge is 2.20. The fourth-order valence-corrected chi connectivity index (χ4v) is 2.59. The predicted molar refractivity (Wildman–Crippen MR) is 72.3 cm³/mol. The van der Waals surface area contributed by atoms with Crippen LogP contribution in [0.25, 0.3) is 0 Å². The molecule has 0 aliphatic carbocycles. The molecule has 2 aromatic carbocycles. The summed E-state index contributed by atoms with van der Waals surface area (Å²) in [5.41, 5.74) is 3.00. The van der Waals surface area contributed by atoms with Crippen LogP contribution in [0, 0.1) is 23.0 Å². The fraction of sp³-hybridized carbons (Fsp3) is 0.188. The molecule has 4 heteroatoms. The van der Waals surface area contributed by atoms with E-state index in [0.29, 0.717) is 17.7 Å². The molecule has 100 valence electrons. The summed E-state index contributed by atoms with van der Waals surface area (Å²) in [6, 6.07) is 10.9. The normalized spacial score (nSPS) is 13.2. The Kier molecular flexibility index (Phi) is 3.11. The first kappa shape index (κ1) is 12.6. The molecule has 0 unspecified atom stereocenters. The minimum atomic E-state index is -0.363. The van der Waals surface area contributed by atoms with Crippen LogP contribution in [0.3, 0.4) is 0 Å². The molecule has 2 aromatic rings. The molecule has 0 fully saturated rings. The van der Waals surface area contributed by atoms with Gasteiger partial charge in [-0.3, -0.25) is 0 Å². The van der Waals surface area contributed by atoms with Gasteiger partial charge in [0, 0.05) is 18.8 Å². The second-order valence-electron chi connectivity index (χ2n) is 4.86. The van der Waals surface area contributed by atoms with Crippen molar-refractivity contribution in [2.45, 2.75) is 13.0 Å². The molecular formula is C16H12F2N2. The standard InChI is InChI=1S/C16H12F2N2/c17-14-4-2-12(9-19)13(7-14)10-20-6-5-11-1-3-15(18)8-16(11)20/h1-4,7-8H,5-6,10H2. The van der Waals surface area contributed by atoms with Crippen LogP contribution in [0.4, 0.5) is 14.5 Å². The molecule has 3 rings (SSSR count). The van der Waals surface area contributed by atoms with Crippen molar-refractivity contribution in [1.82, 2.24) is 0 Å². The number of nitriles is 1. The molecule has 0 atom stereocenters. The van der Waals surface area contributed by atoms with Crippen molar-refractivity contribution < 1.29 is 8.78 Å². The Labute approximate surface area is 115 Å². The SMILES string of the molecule is N#Cc1ccc(F)cc1CN1CCc2ccc(F)cc21. The lowest BCUT2D eigenvalue weighted by atomic mass is 10.1. The predicted octanol–water partition coefficient (Wildman–Crippen LogP) is 3.40. The van der Waals surface area contributed by atoms with Crippen molar-refractivity contribution in [3.05, 3.63) is 64.7 Å². The molecule has 0 spiro atoms. The van der Waals surface area contributed by atoms with Crippen molar-refractivity contribution in [3.63, 3.8) is 0 Å². The van der Waals surface area contributed by atoms with Gasteiger partial charge in [-0.2, -0.15) is 5.26 Å². The Morgan fingerprint density at radius 2 is 1.85 bits per heavy atom. The smallest absolute Gasteiger partial charge is 0.125 e. The first-order chi connectivity index (χ1) is 9.67. The number of hydrogen-bond acceptors (Lipinski definition) is 2. The molecule has 0 amide bonds. The van der Waals surface area contributed by atoms with Crippen LogP contribution in [0.2, 0.25) is 0 Å². The van der Waals surface area contributed by atoms with Gasteiger partial charge in [0.25, 0.3) is 0 Å². The third-order valence-corrected chi connectivity index (χ3v) is 3.59. The summed E-state index contributed by atoms with van der Waals surface area (Å²) in [6.45, 7) is 1.16. The average Bonchev–Trinajstić information content (AvgIpc) is 2.82. The molecule has 0 bridgehead atoms. The lowest BCUT2D eigenvalue weighted by molar-refractivity contribution is 0.623. The number of halogens is 2. The van der Waals surface area contributed by atoms with Crippen molar-refractivity contribution in [1.29, 1.82) is 5.26 Å². The zero-order chi connectivity index (χ0) is 14.1. The zero-order valence-corrected chi connectivity index (χ0v) is 10.7. The second kappa shape index (κ2) is 4.93. The molecule has 0 saturated carbocycles. The van der Waals surface area contributed by atoms with E-state index in [1.54, 1.807) is 6.07 Å². The van der Waals surface area contributed by atoms with Crippen molar-refractivity contribution >= 4 is 5.69 Å². The number of anilines is 1. The lowest BCUT2D eigenvalue weighted by Crippen LogP contribution is -2.20. The van der Waals surface area contributed by atoms with Crippen LogP contribution in [-0.2, 0) is 13.0 Å². The molecule has 0 N–H and O–H groups in total. The average molecular weight is 270 g/mol. The van der Waals surface area contributed by atoms with Crippen LogP contribution >= 0.6 is 0 Å². The lowest BCUT2D eigenvalue weighted by Gasteiger charge is -2.20. The maximum absolute atomic E-state index is 13.3. The minimum Gasteiger partial charge on any atom is -0.367 e. The number of fused-ring (bicyclic) bond motifs is 1. The van der Waals surface area contributed by atoms with Gasteiger partial charge in [0.2, 0.25) is 0 Å². The van der Waals surface area contributed by atoms with Crippen molar-refractivity contribution in [3.8, 4) is 6.07 Å². The Balaban J connectivity index is 1.93. The maximum atomic E-state index is 13.3. The Morgan fingerprint density at radius 3 is 2.65 bits per heavy atom. The van der Waals surface area contributed by atoms with E-state index < -0.39 is 0 Å². The van der Waals surface area contributed by atoms with E-state index in [1.165, 1.54) is 30.3 Å². The first-order valence-corrected chi connectivity index (χ1v) is 6.39. The molecular weight excluding hydrogens is 258 g/mol. The third kappa shape index (κ3) is 2.23. The highest BCUT2D eigenvalue weighted by Crippen LogP contribution is 2.30. The first-order valence-electron chi connectivity index (χ1n) is 6.39. The van der Waals surface area contributed by atoms with Gasteiger partial charge in [-0.25, -0.2) is 8.78 Å². The summed E-state index contributed by atoms with van der Waals surface area (Å²) in [4.78, 5) is 1.98. The van der Waals surface area contributed by atoms with Crippen molar-refractivity contribution in [2.24, 2.45) is 0 Å². The highest BCUT2D eigenvalue weighted by atomic mass is 19.1. The fourth-order valence-electron chi connectivity index (χ4n) is 2.59. The van der Waals surface area contributed by atoms with Crippen LogP contribution < -0.4 is 4.90 Å². The molecule has 1 aliphatic rings. The zero-order valence-electron chi connectivity index (χ0n) is 10.7. The van der Waals surface area contributed by atoms with Gasteiger partial charge in [-0.15, -0.1) is 0 Å². The monoisotopic (exact) mass is 270 g/mol. The van der Waals surface area contributed by atoms with Crippen LogP contribution in [0.5, 0.6) is 0 Å². The van der Waals surface area contributed by atoms with E-state index in [-0.39, 0.29) is 11.6 Å². The van der Waals surface area contributed by atoms with E-state index >= 15 is 0 Å². The van der Waals surface area contributed by atoms with Crippen molar-refractivity contribution in [2.75, 3.05) is 11.4 Å². The summed E-state index contributed by atoms with van der Waals surface area (Å²) in [5, 5.41) is 9.07.